The summed E-state index contributed by atoms with van der Waals surface area (Å²) in [5, 5.41) is 7.41. The molecule has 4 unspecified atom stereocenters. The minimum Gasteiger partial charge on any atom is -0.379 e. The van der Waals surface area contributed by atoms with Crippen molar-refractivity contribution in [3.05, 3.63) is 35.9 Å². The van der Waals surface area contributed by atoms with Crippen molar-refractivity contribution in [2.45, 2.75) is 57.4 Å². The van der Waals surface area contributed by atoms with Crippen LogP contribution in [0, 0.1) is 0 Å². The van der Waals surface area contributed by atoms with Gasteiger partial charge in [-0.2, -0.15) is 0 Å². The Hall–Kier alpha value is -0.940. The average molecular weight is 317 g/mol. The fourth-order valence-corrected chi connectivity index (χ4v) is 3.90. The van der Waals surface area contributed by atoms with Gasteiger partial charge in [-0.3, -0.25) is 4.90 Å². The molecule has 0 aromatic heterocycles. The SMILES string of the molecule is CC(CC1COCCN1)NC1CCN(Cc2ccccc2)C1C. The van der Waals surface area contributed by atoms with E-state index in [2.05, 4.69) is 59.7 Å². The fraction of sp³-hybridized carbons (Fsp3) is 0.684. The van der Waals surface area contributed by atoms with Crippen LogP contribution in [0.1, 0.15) is 32.3 Å². The van der Waals surface area contributed by atoms with Gasteiger partial charge in [0.1, 0.15) is 0 Å². The zero-order valence-corrected chi connectivity index (χ0v) is 14.5. The van der Waals surface area contributed by atoms with Crippen LogP contribution in [0.2, 0.25) is 0 Å². The number of nitrogens with one attached hydrogen (secondary N) is 2. The van der Waals surface area contributed by atoms with Crippen LogP contribution in [-0.4, -0.2) is 55.4 Å². The largest absolute Gasteiger partial charge is 0.379 e. The Morgan fingerprint density at radius 1 is 1.35 bits per heavy atom. The summed E-state index contributed by atoms with van der Waals surface area (Å²) in [5.74, 6) is 0. The number of benzene rings is 1. The first-order valence-corrected chi connectivity index (χ1v) is 9.07. The second kappa shape index (κ2) is 8.25. The molecule has 23 heavy (non-hydrogen) atoms. The molecular weight excluding hydrogens is 286 g/mol. The lowest BCUT2D eigenvalue weighted by Gasteiger charge is -2.30. The van der Waals surface area contributed by atoms with E-state index in [0.29, 0.717) is 24.2 Å². The Balaban J connectivity index is 1.45. The summed E-state index contributed by atoms with van der Waals surface area (Å²) < 4.78 is 5.56. The lowest BCUT2D eigenvalue weighted by atomic mass is 10.0. The van der Waals surface area contributed by atoms with Crippen LogP contribution in [0.25, 0.3) is 0 Å². The van der Waals surface area contributed by atoms with E-state index < -0.39 is 0 Å². The molecule has 0 saturated carbocycles. The van der Waals surface area contributed by atoms with Gasteiger partial charge < -0.3 is 15.4 Å². The Morgan fingerprint density at radius 2 is 2.17 bits per heavy atom. The zero-order chi connectivity index (χ0) is 16.1. The second-order valence-electron chi connectivity index (χ2n) is 7.12. The van der Waals surface area contributed by atoms with Crippen LogP contribution in [0.4, 0.5) is 0 Å². The highest BCUT2D eigenvalue weighted by Crippen LogP contribution is 2.21. The van der Waals surface area contributed by atoms with E-state index in [1.165, 1.54) is 18.5 Å². The highest BCUT2D eigenvalue weighted by molar-refractivity contribution is 5.15. The second-order valence-corrected chi connectivity index (χ2v) is 7.12. The van der Waals surface area contributed by atoms with E-state index in [0.717, 1.165) is 32.7 Å². The van der Waals surface area contributed by atoms with Gasteiger partial charge in [0.2, 0.25) is 0 Å². The van der Waals surface area contributed by atoms with Gasteiger partial charge in [0.15, 0.2) is 0 Å². The van der Waals surface area contributed by atoms with Gasteiger partial charge in [0.05, 0.1) is 13.2 Å². The van der Waals surface area contributed by atoms with Crippen molar-refractivity contribution in [1.29, 1.82) is 0 Å². The molecule has 0 amide bonds. The van der Waals surface area contributed by atoms with Gasteiger partial charge >= 0.3 is 0 Å². The standard InChI is InChI=1S/C19H31N3O/c1-15(12-18-14-23-11-9-20-18)21-19-8-10-22(16(19)2)13-17-6-4-3-5-7-17/h3-7,15-16,18-21H,8-14H2,1-2H3. The molecule has 1 aromatic carbocycles. The summed E-state index contributed by atoms with van der Waals surface area (Å²) in [7, 11) is 0. The molecule has 0 bridgehead atoms. The molecule has 4 nitrogen and oxygen atoms in total. The molecule has 0 radical (unpaired) electrons. The Bertz CT molecular complexity index is 461. The van der Waals surface area contributed by atoms with Crippen LogP contribution in [-0.2, 0) is 11.3 Å². The van der Waals surface area contributed by atoms with Crippen molar-refractivity contribution in [3.63, 3.8) is 0 Å². The molecule has 2 fully saturated rings. The van der Waals surface area contributed by atoms with Crippen molar-refractivity contribution < 1.29 is 4.74 Å². The summed E-state index contributed by atoms with van der Waals surface area (Å²) in [5.41, 5.74) is 1.41. The van der Waals surface area contributed by atoms with Gasteiger partial charge in [-0.15, -0.1) is 0 Å². The normalized spacial score (nSPS) is 30.4. The molecule has 2 heterocycles. The van der Waals surface area contributed by atoms with Crippen LogP contribution in [0.15, 0.2) is 30.3 Å². The summed E-state index contributed by atoms with van der Waals surface area (Å²) in [6.45, 7) is 9.61. The molecule has 128 valence electrons. The van der Waals surface area contributed by atoms with E-state index >= 15 is 0 Å². The monoisotopic (exact) mass is 317 g/mol. The van der Waals surface area contributed by atoms with Crippen molar-refractivity contribution in [2.75, 3.05) is 26.3 Å². The molecule has 4 heteroatoms. The fourth-order valence-electron chi connectivity index (χ4n) is 3.90. The van der Waals surface area contributed by atoms with Gasteiger partial charge in [0.25, 0.3) is 0 Å². The highest BCUT2D eigenvalue weighted by atomic mass is 16.5. The van der Waals surface area contributed by atoms with E-state index in [4.69, 9.17) is 4.74 Å². The summed E-state index contributed by atoms with van der Waals surface area (Å²) >= 11 is 0. The summed E-state index contributed by atoms with van der Waals surface area (Å²) in [6.07, 6.45) is 2.38. The molecule has 2 saturated heterocycles. The number of nitrogens with zero attached hydrogens (tertiary/aromatic N) is 1. The Kier molecular flexibility index (Phi) is 6.06. The van der Waals surface area contributed by atoms with E-state index in [-0.39, 0.29) is 0 Å². The lowest BCUT2D eigenvalue weighted by Crippen LogP contribution is -2.49. The molecular formula is C19H31N3O. The summed E-state index contributed by atoms with van der Waals surface area (Å²) in [4.78, 5) is 2.60. The number of hydrogen-bond donors (Lipinski definition) is 2. The topological polar surface area (TPSA) is 36.5 Å². The Morgan fingerprint density at radius 3 is 2.91 bits per heavy atom. The number of likely N-dealkylation sites (tertiary alicyclic amines) is 1. The molecule has 4 atom stereocenters. The zero-order valence-electron chi connectivity index (χ0n) is 14.5. The first-order valence-electron chi connectivity index (χ1n) is 9.07. The molecule has 2 aliphatic rings. The van der Waals surface area contributed by atoms with Crippen molar-refractivity contribution >= 4 is 0 Å². The molecule has 1 aromatic rings. The highest BCUT2D eigenvalue weighted by Gasteiger charge is 2.31. The van der Waals surface area contributed by atoms with Crippen LogP contribution < -0.4 is 10.6 Å². The van der Waals surface area contributed by atoms with Gasteiger partial charge in [0, 0.05) is 43.8 Å². The molecule has 0 spiro atoms. The first-order chi connectivity index (χ1) is 11.2. The van der Waals surface area contributed by atoms with E-state index in [1.807, 2.05) is 0 Å². The maximum atomic E-state index is 5.56. The molecule has 3 rings (SSSR count). The minimum absolute atomic E-state index is 0.503. The van der Waals surface area contributed by atoms with E-state index in [9.17, 15) is 0 Å². The van der Waals surface area contributed by atoms with Gasteiger partial charge in [-0.25, -0.2) is 0 Å². The minimum atomic E-state index is 0.503. The van der Waals surface area contributed by atoms with Crippen molar-refractivity contribution in [1.82, 2.24) is 15.5 Å². The number of rotatable bonds is 6. The van der Waals surface area contributed by atoms with Gasteiger partial charge in [-0.1, -0.05) is 30.3 Å². The predicted molar refractivity (Wildman–Crippen MR) is 94.5 cm³/mol. The maximum Gasteiger partial charge on any atom is 0.0620 e. The first kappa shape index (κ1) is 16.9. The van der Waals surface area contributed by atoms with Crippen molar-refractivity contribution in [2.24, 2.45) is 0 Å². The van der Waals surface area contributed by atoms with Crippen LogP contribution in [0.3, 0.4) is 0 Å². The third-order valence-electron chi connectivity index (χ3n) is 5.25. The van der Waals surface area contributed by atoms with E-state index in [1.54, 1.807) is 0 Å². The molecule has 2 N–H and O–H groups in total. The quantitative estimate of drug-likeness (QED) is 0.841. The number of hydrogen-bond acceptors (Lipinski definition) is 4. The summed E-state index contributed by atoms with van der Waals surface area (Å²) in [6, 6.07) is 13.0. The maximum absolute atomic E-state index is 5.56. The third kappa shape index (κ3) is 4.77. The molecule has 0 aliphatic carbocycles. The van der Waals surface area contributed by atoms with Crippen molar-refractivity contribution in [3.8, 4) is 0 Å². The Labute approximate surface area is 140 Å². The van der Waals surface area contributed by atoms with Crippen LogP contribution >= 0.6 is 0 Å². The smallest absolute Gasteiger partial charge is 0.0620 e. The average Bonchev–Trinajstić information content (AvgIpc) is 2.90. The number of morpholine rings is 1. The lowest BCUT2D eigenvalue weighted by molar-refractivity contribution is 0.0705. The van der Waals surface area contributed by atoms with Gasteiger partial charge in [-0.05, 0) is 32.3 Å². The third-order valence-corrected chi connectivity index (χ3v) is 5.25. The predicted octanol–water partition coefficient (Wildman–Crippen LogP) is 2.01. The number of ether oxygens (including phenoxy) is 1. The molecule has 2 aliphatic heterocycles. The van der Waals surface area contributed by atoms with Crippen LogP contribution in [0.5, 0.6) is 0 Å².